The van der Waals surface area contributed by atoms with Crippen molar-refractivity contribution in [1.29, 1.82) is 0 Å². The predicted molar refractivity (Wildman–Crippen MR) is 77.1 cm³/mol. The lowest BCUT2D eigenvalue weighted by Crippen LogP contribution is -2.20. The summed E-state index contributed by atoms with van der Waals surface area (Å²) in [5.74, 6) is 0. The highest BCUT2D eigenvalue weighted by atomic mass is 35.5. The SMILES string of the molecule is CC1(C)CCC(C=O)=C(c2ccc(Cl)cc2C(F)(F)F)C1. The lowest BCUT2D eigenvalue weighted by Gasteiger charge is -2.33. The van der Waals surface area contributed by atoms with Gasteiger partial charge < -0.3 is 0 Å². The van der Waals surface area contributed by atoms with Gasteiger partial charge in [-0.1, -0.05) is 31.5 Å². The Bertz CT molecular complexity index is 600. The van der Waals surface area contributed by atoms with Gasteiger partial charge in [0.25, 0.3) is 0 Å². The van der Waals surface area contributed by atoms with Crippen LogP contribution in [-0.4, -0.2) is 6.29 Å². The van der Waals surface area contributed by atoms with Gasteiger partial charge in [-0.2, -0.15) is 13.2 Å². The first kappa shape index (κ1) is 16.1. The predicted octanol–water partition coefficient (Wildman–Crippen LogP) is 5.52. The fourth-order valence-electron chi connectivity index (χ4n) is 2.72. The van der Waals surface area contributed by atoms with Gasteiger partial charge in [-0.15, -0.1) is 0 Å². The van der Waals surface area contributed by atoms with Crippen molar-refractivity contribution in [2.75, 3.05) is 0 Å². The summed E-state index contributed by atoms with van der Waals surface area (Å²) in [6.45, 7) is 4.00. The van der Waals surface area contributed by atoms with Gasteiger partial charge in [-0.3, -0.25) is 4.79 Å². The number of allylic oxidation sites excluding steroid dienone is 2. The summed E-state index contributed by atoms with van der Waals surface area (Å²) in [7, 11) is 0. The first-order valence-corrected chi connectivity index (χ1v) is 7.06. The molecule has 0 saturated carbocycles. The largest absolute Gasteiger partial charge is 0.417 e. The molecular weight excluding hydrogens is 301 g/mol. The molecule has 0 amide bonds. The second-order valence-corrected chi connectivity index (χ2v) is 6.59. The first-order valence-electron chi connectivity index (χ1n) is 6.68. The van der Waals surface area contributed by atoms with Crippen LogP contribution in [0.15, 0.2) is 23.8 Å². The smallest absolute Gasteiger partial charge is 0.298 e. The Hall–Kier alpha value is -1.29. The van der Waals surface area contributed by atoms with Gasteiger partial charge in [0, 0.05) is 5.02 Å². The van der Waals surface area contributed by atoms with Crippen molar-refractivity contribution in [1.82, 2.24) is 0 Å². The summed E-state index contributed by atoms with van der Waals surface area (Å²) in [5.41, 5.74) is 0.126. The van der Waals surface area contributed by atoms with Crippen LogP contribution in [0, 0.1) is 5.41 Å². The van der Waals surface area contributed by atoms with Crippen molar-refractivity contribution in [2.24, 2.45) is 5.41 Å². The molecule has 0 radical (unpaired) electrons. The van der Waals surface area contributed by atoms with Crippen LogP contribution in [0.2, 0.25) is 5.02 Å². The van der Waals surface area contributed by atoms with E-state index in [1.54, 1.807) is 0 Å². The number of carbonyl (C=O) groups is 1. The van der Waals surface area contributed by atoms with Crippen LogP contribution in [0.3, 0.4) is 0 Å². The lowest BCUT2D eigenvalue weighted by molar-refractivity contribution is -0.137. The van der Waals surface area contributed by atoms with E-state index in [-0.39, 0.29) is 16.0 Å². The van der Waals surface area contributed by atoms with Gasteiger partial charge in [0.2, 0.25) is 0 Å². The third kappa shape index (κ3) is 3.49. The molecule has 0 unspecified atom stereocenters. The van der Waals surface area contributed by atoms with Crippen LogP contribution in [0.1, 0.15) is 44.2 Å². The molecule has 0 atom stereocenters. The highest BCUT2D eigenvalue weighted by Gasteiger charge is 2.37. The van der Waals surface area contributed by atoms with E-state index in [1.165, 1.54) is 12.1 Å². The number of hydrogen-bond donors (Lipinski definition) is 0. The molecule has 114 valence electrons. The fourth-order valence-corrected chi connectivity index (χ4v) is 2.89. The van der Waals surface area contributed by atoms with Crippen LogP contribution in [0.25, 0.3) is 5.57 Å². The van der Waals surface area contributed by atoms with Crippen LogP contribution >= 0.6 is 11.6 Å². The fraction of sp³-hybridized carbons (Fsp3) is 0.438. The summed E-state index contributed by atoms with van der Waals surface area (Å²) in [5, 5.41) is 0.0365. The maximum atomic E-state index is 13.2. The van der Waals surface area contributed by atoms with Gasteiger partial charge in [-0.25, -0.2) is 0 Å². The third-order valence-electron chi connectivity index (χ3n) is 3.87. The van der Waals surface area contributed by atoms with E-state index in [9.17, 15) is 18.0 Å². The average Bonchev–Trinajstić information content (AvgIpc) is 2.36. The van der Waals surface area contributed by atoms with Gasteiger partial charge in [0.15, 0.2) is 0 Å². The standard InChI is InChI=1S/C16H16ClF3O/c1-15(2)6-5-10(9-21)13(8-15)12-4-3-11(17)7-14(12)16(18,19)20/h3-4,7,9H,5-6,8H2,1-2H3. The molecule has 1 aliphatic rings. The van der Waals surface area contributed by atoms with Gasteiger partial charge in [-0.05, 0) is 53.5 Å². The average molecular weight is 317 g/mol. The molecule has 1 aromatic rings. The van der Waals surface area contributed by atoms with Gasteiger partial charge in [0.05, 0.1) is 5.56 Å². The van der Waals surface area contributed by atoms with Crippen molar-refractivity contribution in [3.63, 3.8) is 0 Å². The maximum Gasteiger partial charge on any atom is 0.417 e. The Balaban J connectivity index is 2.64. The number of halogens is 4. The van der Waals surface area contributed by atoms with Gasteiger partial charge >= 0.3 is 6.18 Å². The minimum Gasteiger partial charge on any atom is -0.298 e. The quantitative estimate of drug-likeness (QED) is 0.656. The monoisotopic (exact) mass is 316 g/mol. The summed E-state index contributed by atoms with van der Waals surface area (Å²) in [6, 6.07) is 3.72. The van der Waals surface area contributed by atoms with E-state index in [1.807, 2.05) is 13.8 Å². The summed E-state index contributed by atoms with van der Waals surface area (Å²) < 4.78 is 39.7. The molecule has 1 aromatic carbocycles. The van der Waals surface area contributed by atoms with Crippen molar-refractivity contribution in [3.05, 3.63) is 39.9 Å². The number of aldehydes is 1. The Labute approximate surface area is 126 Å². The summed E-state index contributed by atoms with van der Waals surface area (Å²) in [6.07, 6.45) is -2.07. The molecule has 0 bridgehead atoms. The summed E-state index contributed by atoms with van der Waals surface area (Å²) in [4.78, 5) is 11.2. The number of alkyl halides is 3. The van der Waals surface area contributed by atoms with Crippen LogP contribution in [0.5, 0.6) is 0 Å². The maximum absolute atomic E-state index is 13.2. The Morgan fingerprint density at radius 1 is 1.29 bits per heavy atom. The number of carbonyl (C=O) groups excluding carboxylic acids is 1. The summed E-state index contributed by atoms with van der Waals surface area (Å²) >= 11 is 5.70. The van der Waals surface area contributed by atoms with E-state index in [0.717, 1.165) is 12.5 Å². The number of hydrogen-bond acceptors (Lipinski definition) is 1. The van der Waals surface area contributed by atoms with E-state index in [0.29, 0.717) is 30.3 Å². The molecule has 0 fully saturated rings. The molecule has 21 heavy (non-hydrogen) atoms. The zero-order valence-electron chi connectivity index (χ0n) is 11.9. The van der Waals surface area contributed by atoms with Crippen LogP contribution < -0.4 is 0 Å². The van der Waals surface area contributed by atoms with E-state index >= 15 is 0 Å². The Morgan fingerprint density at radius 3 is 2.52 bits per heavy atom. The lowest BCUT2D eigenvalue weighted by atomic mass is 9.72. The molecule has 0 aliphatic heterocycles. The molecular formula is C16H16ClF3O. The van der Waals surface area contributed by atoms with Crippen molar-refractivity contribution >= 4 is 23.5 Å². The van der Waals surface area contributed by atoms with E-state index in [4.69, 9.17) is 11.6 Å². The minimum atomic E-state index is -4.50. The third-order valence-corrected chi connectivity index (χ3v) is 4.10. The first-order chi connectivity index (χ1) is 9.64. The number of rotatable bonds is 2. The number of benzene rings is 1. The Kier molecular flexibility index (Phi) is 4.20. The van der Waals surface area contributed by atoms with Crippen molar-refractivity contribution in [2.45, 2.75) is 39.3 Å². The Morgan fingerprint density at radius 2 is 1.95 bits per heavy atom. The zero-order chi connectivity index (χ0) is 15.8. The van der Waals surface area contributed by atoms with E-state index in [2.05, 4.69) is 0 Å². The second kappa shape index (κ2) is 5.48. The highest BCUT2D eigenvalue weighted by molar-refractivity contribution is 6.30. The minimum absolute atomic E-state index is 0.0365. The van der Waals surface area contributed by atoms with Crippen LogP contribution in [-0.2, 0) is 11.0 Å². The van der Waals surface area contributed by atoms with Gasteiger partial charge in [0.1, 0.15) is 6.29 Å². The molecule has 0 heterocycles. The van der Waals surface area contributed by atoms with Crippen LogP contribution in [0.4, 0.5) is 13.2 Å². The molecule has 1 aliphatic carbocycles. The zero-order valence-corrected chi connectivity index (χ0v) is 12.6. The second-order valence-electron chi connectivity index (χ2n) is 6.15. The normalized spacial score (nSPS) is 18.8. The topological polar surface area (TPSA) is 17.1 Å². The van der Waals surface area contributed by atoms with Crippen molar-refractivity contribution < 1.29 is 18.0 Å². The highest BCUT2D eigenvalue weighted by Crippen LogP contribution is 2.46. The molecule has 0 spiro atoms. The molecule has 0 aromatic heterocycles. The molecule has 0 N–H and O–H groups in total. The molecule has 2 rings (SSSR count). The molecule has 0 saturated heterocycles. The van der Waals surface area contributed by atoms with E-state index < -0.39 is 11.7 Å². The van der Waals surface area contributed by atoms with Crippen molar-refractivity contribution in [3.8, 4) is 0 Å². The molecule has 1 nitrogen and oxygen atoms in total. The molecule has 5 heteroatoms.